The monoisotopic (exact) mass is 433 g/mol. The van der Waals surface area contributed by atoms with Gasteiger partial charge in [-0.1, -0.05) is 12.1 Å². The molecule has 2 aromatic rings. The molecule has 0 radical (unpaired) electrons. The smallest absolute Gasteiger partial charge is 0.341 e. The predicted molar refractivity (Wildman–Crippen MR) is 111 cm³/mol. The second-order valence-corrected chi connectivity index (χ2v) is 7.31. The standard InChI is InChI=1S/C21H23NO7S/c1-5-28-21(26)17-12(2)18(13(3)23)30-19(17)22-16(24)11-29-20(25)15-8-6-14(7-9-15)10-27-4/h6-9H,5,10-11H2,1-4H3,(H,22,24). The van der Waals surface area contributed by atoms with Crippen LogP contribution in [0.2, 0.25) is 0 Å². The fourth-order valence-corrected chi connectivity index (χ4v) is 3.77. The average Bonchev–Trinajstić information content (AvgIpc) is 3.03. The van der Waals surface area contributed by atoms with Crippen LogP contribution in [0.1, 0.15) is 55.4 Å². The van der Waals surface area contributed by atoms with E-state index in [0.29, 0.717) is 22.6 Å². The number of benzene rings is 1. The third-order valence-electron chi connectivity index (χ3n) is 4.03. The minimum absolute atomic E-state index is 0.125. The molecule has 0 atom stereocenters. The molecule has 0 bridgehead atoms. The van der Waals surface area contributed by atoms with Crippen LogP contribution < -0.4 is 5.32 Å². The van der Waals surface area contributed by atoms with Crippen molar-refractivity contribution in [3.05, 3.63) is 51.4 Å². The van der Waals surface area contributed by atoms with Gasteiger partial charge in [0.1, 0.15) is 5.00 Å². The van der Waals surface area contributed by atoms with E-state index in [9.17, 15) is 19.2 Å². The second kappa shape index (κ2) is 10.7. The van der Waals surface area contributed by atoms with Crippen molar-refractivity contribution in [3.8, 4) is 0 Å². The van der Waals surface area contributed by atoms with Crippen molar-refractivity contribution in [3.63, 3.8) is 0 Å². The molecular weight excluding hydrogens is 410 g/mol. The van der Waals surface area contributed by atoms with Crippen molar-refractivity contribution in [2.24, 2.45) is 0 Å². The number of thiophene rings is 1. The van der Waals surface area contributed by atoms with Crippen LogP contribution in [0.3, 0.4) is 0 Å². The van der Waals surface area contributed by atoms with Gasteiger partial charge in [-0.15, -0.1) is 11.3 Å². The Bertz CT molecular complexity index is 947. The first-order valence-electron chi connectivity index (χ1n) is 9.14. The first kappa shape index (κ1) is 23.2. The summed E-state index contributed by atoms with van der Waals surface area (Å²) >= 11 is 0.979. The summed E-state index contributed by atoms with van der Waals surface area (Å²) in [5.74, 6) is -2.16. The zero-order valence-corrected chi connectivity index (χ0v) is 18.0. The van der Waals surface area contributed by atoms with Gasteiger partial charge in [0.2, 0.25) is 0 Å². The predicted octanol–water partition coefficient (Wildman–Crippen LogP) is 3.38. The normalized spacial score (nSPS) is 10.4. The molecule has 30 heavy (non-hydrogen) atoms. The van der Waals surface area contributed by atoms with Gasteiger partial charge < -0.3 is 19.5 Å². The highest BCUT2D eigenvalue weighted by molar-refractivity contribution is 7.18. The minimum Gasteiger partial charge on any atom is -0.462 e. The molecule has 0 aliphatic heterocycles. The maximum absolute atomic E-state index is 12.3. The van der Waals surface area contributed by atoms with Crippen LogP contribution in [0, 0.1) is 6.92 Å². The van der Waals surface area contributed by atoms with Gasteiger partial charge >= 0.3 is 11.9 Å². The van der Waals surface area contributed by atoms with E-state index in [-0.39, 0.29) is 23.0 Å². The largest absolute Gasteiger partial charge is 0.462 e. The zero-order valence-electron chi connectivity index (χ0n) is 17.2. The number of amides is 1. The Morgan fingerprint density at radius 1 is 1.03 bits per heavy atom. The van der Waals surface area contributed by atoms with Gasteiger partial charge in [0.15, 0.2) is 12.4 Å². The van der Waals surface area contributed by atoms with E-state index in [1.165, 1.54) is 6.92 Å². The van der Waals surface area contributed by atoms with E-state index in [2.05, 4.69) is 5.32 Å². The van der Waals surface area contributed by atoms with Crippen LogP contribution in [-0.4, -0.2) is 44.0 Å². The van der Waals surface area contributed by atoms with Crippen molar-refractivity contribution in [2.45, 2.75) is 27.4 Å². The fourth-order valence-electron chi connectivity index (χ4n) is 2.67. The van der Waals surface area contributed by atoms with Crippen molar-refractivity contribution >= 4 is 40.0 Å². The quantitative estimate of drug-likeness (QED) is 0.477. The summed E-state index contributed by atoms with van der Waals surface area (Å²) < 4.78 is 15.1. The van der Waals surface area contributed by atoms with Crippen molar-refractivity contribution in [2.75, 3.05) is 25.6 Å². The molecule has 1 amide bonds. The summed E-state index contributed by atoms with van der Waals surface area (Å²) in [6, 6.07) is 6.61. The Morgan fingerprint density at radius 3 is 2.27 bits per heavy atom. The molecule has 0 fully saturated rings. The molecule has 8 nitrogen and oxygen atoms in total. The number of carbonyl (C=O) groups is 4. The molecule has 0 saturated heterocycles. The van der Waals surface area contributed by atoms with Gasteiger partial charge in [0.25, 0.3) is 5.91 Å². The van der Waals surface area contributed by atoms with E-state index in [4.69, 9.17) is 14.2 Å². The molecule has 0 spiro atoms. The number of methoxy groups -OCH3 is 1. The van der Waals surface area contributed by atoms with E-state index in [1.807, 2.05) is 0 Å². The molecule has 0 saturated carbocycles. The number of carbonyl (C=O) groups excluding carboxylic acids is 4. The molecular formula is C21H23NO7S. The van der Waals surface area contributed by atoms with Gasteiger partial charge in [0.05, 0.1) is 29.2 Å². The van der Waals surface area contributed by atoms with Crippen molar-refractivity contribution in [1.29, 1.82) is 0 Å². The number of Topliss-reactive ketones (excluding diaryl/α,β-unsaturated/α-hetero) is 1. The Hall–Kier alpha value is -3.04. The van der Waals surface area contributed by atoms with E-state index < -0.39 is 24.5 Å². The van der Waals surface area contributed by atoms with Gasteiger partial charge in [-0.2, -0.15) is 0 Å². The van der Waals surface area contributed by atoms with E-state index >= 15 is 0 Å². The molecule has 160 valence electrons. The number of ketones is 1. The van der Waals surface area contributed by atoms with Crippen LogP contribution in [-0.2, 0) is 25.6 Å². The maximum atomic E-state index is 12.3. The van der Waals surface area contributed by atoms with Crippen LogP contribution >= 0.6 is 11.3 Å². The lowest BCUT2D eigenvalue weighted by Crippen LogP contribution is -2.21. The number of ether oxygens (including phenoxy) is 3. The SMILES string of the molecule is CCOC(=O)c1c(NC(=O)COC(=O)c2ccc(COC)cc2)sc(C(C)=O)c1C. The minimum atomic E-state index is -0.661. The molecule has 9 heteroatoms. The summed E-state index contributed by atoms with van der Waals surface area (Å²) in [6.07, 6.45) is 0. The van der Waals surface area contributed by atoms with Crippen molar-refractivity contribution in [1.82, 2.24) is 0 Å². The summed E-state index contributed by atoms with van der Waals surface area (Å²) in [4.78, 5) is 48.8. The lowest BCUT2D eigenvalue weighted by molar-refractivity contribution is -0.119. The molecule has 0 aliphatic carbocycles. The van der Waals surface area contributed by atoms with E-state index in [0.717, 1.165) is 16.9 Å². The van der Waals surface area contributed by atoms with Crippen LogP contribution in [0.25, 0.3) is 0 Å². The summed E-state index contributed by atoms with van der Waals surface area (Å²) in [6.45, 7) is 4.67. The highest BCUT2D eigenvalue weighted by Gasteiger charge is 2.25. The van der Waals surface area contributed by atoms with Crippen molar-refractivity contribution < 1.29 is 33.4 Å². The summed E-state index contributed by atoms with van der Waals surface area (Å²) in [5, 5.41) is 2.71. The highest BCUT2D eigenvalue weighted by atomic mass is 32.1. The number of rotatable bonds is 9. The number of hydrogen-bond donors (Lipinski definition) is 1. The van der Waals surface area contributed by atoms with Crippen LogP contribution in [0.5, 0.6) is 0 Å². The number of hydrogen-bond acceptors (Lipinski definition) is 8. The Morgan fingerprint density at radius 2 is 1.70 bits per heavy atom. The Labute approximate surface area is 178 Å². The molecule has 0 aliphatic rings. The topological polar surface area (TPSA) is 108 Å². The number of esters is 2. The molecule has 1 aromatic carbocycles. The Kier molecular flexibility index (Phi) is 8.25. The third kappa shape index (κ3) is 5.74. The molecule has 1 heterocycles. The van der Waals surface area contributed by atoms with Gasteiger partial charge in [0, 0.05) is 7.11 Å². The Balaban J connectivity index is 2.06. The summed E-state index contributed by atoms with van der Waals surface area (Å²) in [5.41, 5.74) is 1.75. The molecule has 0 unspecified atom stereocenters. The fraction of sp³-hybridized carbons (Fsp3) is 0.333. The average molecular weight is 433 g/mol. The maximum Gasteiger partial charge on any atom is 0.341 e. The van der Waals surface area contributed by atoms with Gasteiger partial charge in [-0.25, -0.2) is 9.59 Å². The lowest BCUT2D eigenvalue weighted by atomic mass is 10.1. The number of anilines is 1. The molecule has 1 N–H and O–H groups in total. The molecule has 1 aromatic heterocycles. The molecule has 2 rings (SSSR count). The van der Waals surface area contributed by atoms with Crippen LogP contribution in [0.4, 0.5) is 5.00 Å². The highest BCUT2D eigenvalue weighted by Crippen LogP contribution is 2.34. The zero-order chi connectivity index (χ0) is 22.3. The van der Waals surface area contributed by atoms with Crippen LogP contribution in [0.15, 0.2) is 24.3 Å². The first-order valence-corrected chi connectivity index (χ1v) is 9.96. The lowest BCUT2D eigenvalue weighted by Gasteiger charge is -2.08. The van der Waals surface area contributed by atoms with E-state index in [1.54, 1.807) is 45.2 Å². The first-order chi connectivity index (χ1) is 14.3. The van der Waals surface area contributed by atoms with Gasteiger partial charge in [-0.3, -0.25) is 9.59 Å². The third-order valence-corrected chi connectivity index (χ3v) is 5.34. The second-order valence-electron chi connectivity index (χ2n) is 6.29. The number of nitrogens with one attached hydrogen (secondary N) is 1. The summed E-state index contributed by atoms with van der Waals surface area (Å²) in [7, 11) is 1.57. The van der Waals surface area contributed by atoms with Gasteiger partial charge in [-0.05, 0) is 44.0 Å².